The Hall–Kier alpha value is -3.61. The van der Waals surface area contributed by atoms with Gasteiger partial charge in [0.05, 0.1) is 13.0 Å². The molecule has 9 rings (SSSR count). The van der Waals surface area contributed by atoms with Crippen LogP contribution in [0.4, 0.5) is 0 Å². The van der Waals surface area contributed by atoms with Gasteiger partial charge in [-0.05, 0) is 80.4 Å². The molecule has 0 amide bonds. The molecule has 0 saturated carbocycles. The molecule has 2 saturated heterocycles. The van der Waals surface area contributed by atoms with E-state index in [1.807, 2.05) is 0 Å². The van der Waals surface area contributed by atoms with Crippen LogP contribution in [-0.4, -0.2) is 65.6 Å². The van der Waals surface area contributed by atoms with Crippen molar-refractivity contribution in [2.75, 3.05) is 33.8 Å². The van der Waals surface area contributed by atoms with E-state index in [2.05, 4.69) is 101 Å². The van der Waals surface area contributed by atoms with Gasteiger partial charge in [0, 0.05) is 70.7 Å². The van der Waals surface area contributed by atoms with Crippen LogP contribution in [0.25, 0.3) is 27.4 Å². The number of aromatic nitrogens is 2. The lowest BCUT2D eigenvalue weighted by Gasteiger charge is -2.49. The van der Waals surface area contributed by atoms with Crippen LogP contribution in [0.3, 0.4) is 0 Å². The fourth-order valence-electron chi connectivity index (χ4n) is 9.70. The van der Waals surface area contributed by atoms with Crippen LogP contribution in [0.15, 0.2) is 66.3 Å². The number of hydrogen-bond acceptors (Lipinski definition) is 4. The van der Waals surface area contributed by atoms with Gasteiger partial charge in [0.25, 0.3) is 0 Å². The van der Waals surface area contributed by atoms with Crippen molar-refractivity contribution in [3.05, 3.63) is 88.8 Å². The second-order valence-corrected chi connectivity index (χ2v) is 14.1. The molecule has 1 unspecified atom stereocenters. The van der Waals surface area contributed by atoms with E-state index in [4.69, 9.17) is 4.74 Å². The largest absolute Gasteiger partial charge is 0.469 e. The molecule has 4 bridgehead atoms. The van der Waals surface area contributed by atoms with E-state index in [0.29, 0.717) is 11.8 Å². The van der Waals surface area contributed by atoms with Gasteiger partial charge in [-0.1, -0.05) is 67.5 Å². The average molecular weight is 603 g/mol. The van der Waals surface area contributed by atoms with Gasteiger partial charge in [-0.15, -0.1) is 0 Å². The maximum Gasteiger partial charge on any atom is 0.310 e. The van der Waals surface area contributed by atoms with Gasteiger partial charge in [0.15, 0.2) is 0 Å². The minimum absolute atomic E-state index is 0.0443. The molecule has 0 spiro atoms. The number of para-hydroxylation sites is 2. The molecular formula is C39H46N4O2. The average Bonchev–Trinajstić information content (AvgIpc) is 3.59. The Morgan fingerprint density at radius 3 is 2.49 bits per heavy atom. The molecule has 2 aromatic carbocycles. The molecule has 2 N–H and O–H groups in total. The molecule has 6 nitrogen and oxygen atoms in total. The molecule has 2 fully saturated rings. The summed E-state index contributed by atoms with van der Waals surface area (Å²) in [6, 6.07) is 17.7. The maximum absolute atomic E-state index is 13.7. The van der Waals surface area contributed by atoms with E-state index in [9.17, 15) is 4.79 Å². The Labute approximate surface area is 266 Å². The van der Waals surface area contributed by atoms with E-state index in [1.54, 1.807) is 7.11 Å². The molecule has 234 valence electrons. The standard InChI is InChI=1S/C39H46N4O2/c1-5-23-20-42(3)35-19-31-27-11-7-9-13-33(27)40-37(31)25(17-29(23)36(35)39(44)45-4)18-30-26-15-16-43(21-24(26)6-2)22-32-28-12-8-10-14-34(28)41-38(30)32/h6-14,18,23,25-26,29,35-36,40-41H,5,15-17,19-22H2,1-4H3/b24-6-,30-18+/t23-,25+,26+,29-,35-,36-/m1/s1. The molecule has 7 atom stereocenters. The number of hydrogen-bond donors (Lipinski definition) is 2. The van der Waals surface area contributed by atoms with E-state index in [0.717, 1.165) is 51.9 Å². The molecule has 4 aromatic rings. The number of benzene rings is 2. The number of rotatable bonds is 3. The number of H-pyrrole nitrogens is 2. The van der Waals surface area contributed by atoms with Crippen molar-refractivity contribution in [1.29, 1.82) is 0 Å². The van der Waals surface area contributed by atoms with Gasteiger partial charge < -0.3 is 19.6 Å². The number of aromatic amines is 2. The summed E-state index contributed by atoms with van der Waals surface area (Å²) in [6.45, 7) is 8.63. The predicted molar refractivity (Wildman–Crippen MR) is 182 cm³/mol. The minimum atomic E-state index is -0.142. The Balaban J connectivity index is 1.37. The number of carbonyl (C=O) groups is 1. The van der Waals surface area contributed by atoms with Crippen molar-refractivity contribution in [2.24, 2.45) is 23.7 Å². The van der Waals surface area contributed by atoms with Crippen LogP contribution in [0.2, 0.25) is 0 Å². The molecular weight excluding hydrogens is 556 g/mol. The van der Waals surface area contributed by atoms with Crippen LogP contribution >= 0.6 is 0 Å². The number of nitrogens with zero attached hydrogens (tertiary/aromatic N) is 2. The number of likely N-dealkylation sites (tertiary alicyclic amines) is 1. The third-order valence-corrected chi connectivity index (χ3v) is 11.9. The summed E-state index contributed by atoms with van der Waals surface area (Å²) in [4.78, 5) is 26.7. The van der Waals surface area contributed by atoms with Crippen LogP contribution in [0.1, 0.15) is 61.5 Å². The van der Waals surface area contributed by atoms with Crippen molar-refractivity contribution in [3.8, 4) is 0 Å². The lowest BCUT2D eigenvalue weighted by atomic mass is 9.65. The van der Waals surface area contributed by atoms with Crippen LogP contribution in [0.5, 0.6) is 0 Å². The number of ether oxygens (including phenoxy) is 1. The van der Waals surface area contributed by atoms with Gasteiger partial charge in [-0.2, -0.15) is 0 Å². The number of esters is 1. The zero-order valence-corrected chi connectivity index (χ0v) is 27.1. The summed E-state index contributed by atoms with van der Waals surface area (Å²) >= 11 is 0. The fourth-order valence-corrected chi connectivity index (χ4v) is 9.70. The lowest BCUT2D eigenvalue weighted by Crippen LogP contribution is -2.56. The number of piperidine rings is 2. The van der Waals surface area contributed by atoms with Crippen LogP contribution in [-0.2, 0) is 22.5 Å². The Morgan fingerprint density at radius 1 is 1.02 bits per heavy atom. The van der Waals surface area contributed by atoms with Crippen molar-refractivity contribution in [3.63, 3.8) is 0 Å². The van der Waals surface area contributed by atoms with Gasteiger partial charge in [0.2, 0.25) is 0 Å². The SMILES string of the molecule is C/C=C1/CN2CC[C@@H]1/C(=C\[C@@H]1C[C@@H]3[C@H](CC)CN(C)[C@H](Cc4c1[nH]c1ccccc41)[C@@H]3C(=O)OC)c1[nH]c3ccccc3c1C2. The number of carbonyl (C=O) groups excluding carboxylic acids is 1. The quantitative estimate of drug-likeness (QED) is 0.191. The minimum Gasteiger partial charge on any atom is -0.469 e. The zero-order valence-electron chi connectivity index (χ0n) is 27.1. The Morgan fingerprint density at radius 2 is 1.76 bits per heavy atom. The summed E-state index contributed by atoms with van der Waals surface area (Å²) in [5.74, 6) is 1.04. The number of nitrogens with one attached hydrogen (secondary N) is 2. The molecule has 1 aliphatic carbocycles. The molecule has 2 aromatic heterocycles. The first-order valence-electron chi connectivity index (χ1n) is 17.1. The van der Waals surface area contributed by atoms with Crippen molar-refractivity contribution >= 4 is 33.3 Å². The predicted octanol–water partition coefficient (Wildman–Crippen LogP) is 7.29. The van der Waals surface area contributed by atoms with E-state index in [1.165, 1.54) is 55.5 Å². The topological polar surface area (TPSA) is 64.4 Å². The zero-order chi connectivity index (χ0) is 30.8. The molecule has 4 aliphatic heterocycles. The molecule has 5 aliphatic rings. The summed E-state index contributed by atoms with van der Waals surface area (Å²) in [7, 11) is 3.79. The van der Waals surface area contributed by atoms with Crippen molar-refractivity contribution in [2.45, 2.75) is 58.0 Å². The molecule has 45 heavy (non-hydrogen) atoms. The Bertz CT molecular complexity index is 1830. The fraction of sp³-hybridized carbons (Fsp3) is 0.462. The normalized spacial score (nSPS) is 31.8. The monoisotopic (exact) mass is 602 g/mol. The second kappa shape index (κ2) is 11.3. The highest BCUT2D eigenvalue weighted by Crippen LogP contribution is 2.49. The highest BCUT2D eigenvalue weighted by atomic mass is 16.5. The van der Waals surface area contributed by atoms with Gasteiger partial charge >= 0.3 is 5.97 Å². The first-order valence-corrected chi connectivity index (χ1v) is 17.1. The van der Waals surface area contributed by atoms with E-state index in [-0.39, 0.29) is 29.8 Å². The third-order valence-electron chi connectivity index (χ3n) is 11.9. The first-order chi connectivity index (χ1) is 22.0. The summed E-state index contributed by atoms with van der Waals surface area (Å²) in [5, 5.41) is 2.63. The van der Waals surface area contributed by atoms with E-state index >= 15 is 0 Å². The van der Waals surface area contributed by atoms with Gasteiger partial charge in [-0.25, -0.2) is 0 Å². The molecule has 6 heteroatoms. The first kappa shape index (κ1) is 28.8. The van der Waals surface area contributed by atoms with Crippen molar-refractivity contribution < 1.29 is 9.53 Å². The molecule has 6 heterocycles. The van der Waals surface area contributed by atoms with Gasteiger partial charge in [-0.3, -0.25) is 9.69 Å². The highest BCUT2D eigenvalue weighted by molar-refractivity contribution is 5.91. The molecule has 0 radical (unpaired) electrons. The summed E-state index contributed by atoms with van der Waals surface area (Å²) in [6.07, 6.45) is 8.98. The Kier molecular flexibility index (Phi) is 7.26. The third kappa shape index (κ3) is 4.63. The van der Waals surface area contributed by atoms with Crippen molar-refractivity contribution in [1.82, 2.24) is 19.8 Å². The summed E-state index contributed by atoms with van der Waals surface area (Å²) < 4.78 is 5.58. The van der Waals surface area contributed by atoms with Gasteiger partial charge in [0.1, 0.15) is 0 Å². The summed E-state index contributed by atoms with van der Waals surface area (Å²) in [5.41, 5.74) is 10.8. The highest BCUT2D eigenvalue weighted by Gasteiger charge is 2.49. The second-order valence-electron chi connectivity index (χ2n) is 14.1. The number of fused-ring (bicyclic) bond motifs is 8. The van der Waals surface area contributed by atoms with Crippen LogP contribution < -0.4 is 0 Å². The maximum atomic E-state index is 13.7. The lowest BCUT2D eigenvalue weighted by molar-refractivity contribution is -0.155. The number of allylic oxidation sites excluding steroid dienone is 3. The number of methoxy groups -OCH3 is 1. The smallest absolute Gasteiger partial charge is 0.310 e. The number of likely N-dealkylation sites (N-methyl/N-ethyl adjacent to an activating group) is 1. The van der Waals surface area contributed by atoms with Crippen LogP contribution in [0, 0.1) is 23.7 Å². The van der Waals surface area contributed by atoms with E-state index < -0.39 is 0 Å².